The molecule has 0 spiro atoms. The van der Waals surface area contributed by atoms with Crippen LogP contribution in [0.25, 0.3) is 0 Å². The minimum absolute atomic E-state index is 0.104. The SMILES string of the molecule is CCOC(=O)c1ccc(N2C(=O)[C@@H]3[C@H](c4ccccc4O)c4sc(=O)n(CC(=O)Nc5ccc(F)cc5)c4S[C@@H]3C2=O)cc1. The van der Waals surface area contributed by atoms with Gasteiger partial charge in [-0.05, 0) is 61.5 Å². The summed E-state index contributed by atoms with van der Waals surface area (Å²) in [7, 11) is 0. The Hall–Kier alpha value is -4.75. The number of phenols is 1. The monoisotopic (exact) mass is 633 g/mol. The number of benzene rings is 3. The van der Waals surface area contributed by atoms with Crippen LogP contribution in [-0.4, -0.2) is 45.2 Å². The number of imide groups is 1. The highest BCUT2D eigenvalue weighted by atomic mass is 32.2. The van der Waals surface area contributed by atoms with Crippen molar-refractivity contribution in [1.82, 2.24) is 4.57 Å². The number of nitrogens with zero attached hydrogens (tertiary/aromatic N) is 2. The lowest BCUT2D eigenvalue weighted by molar-refractivity contribution is -0.122. The van der Waals surface area contributed by atoms with Crippen LogP contribution in [0.3, 0.4) is 0 Å². The van der Waals surface area contributed by atoms with Crippen molar-refractivity contribution < 1.29 is 33.4 Å². The maximum absolute atomic E-state index is 14.0. The lowest BCUT2D eigenvalue weighted by Crippen LogP contribution is -2.33. The highest BCUT2D eigenvalue weighted by Crippen LogP contribution is 2.55. The second-order valence-corrected chi connectivity index (χ2v) is 12.2. The molecule has 13 heteroatoms. The first-order valence-electron chi connectivity index (χ1n) is 13.6. The van der Waals surface area contributed by atoms with Crippen LogP contribution in [0.1, 0.15) is 33.6 Å². The molecule has 3 aromatic carbocycles. The quantitative estimate of drug-likeness (QED) is 0.226. The zero-order valence-electron chi connectivity index (χ0n) is 23.1. The second kappa shape index (κ2) is 11.7. The lowest BCUT2D eigenvalue weighted by atomic mass is 9.82. The van der Waals surface area contributed by atoms with E-state index in [1.807, 2.05) is 0 Å². The number of esters is 1. The van der Waals surface area contributed by atoms with Crippen molar-refractivity contribution in [2.45, 2.75) is 29.7 Å². The summed E-state index contributed by atoms with van der Waals surface area (Å²) >= 11 is 1.88. The maximum Gasteiger partial charge on any atom is 0.338 e. The summed E-state index contributed by atoms with van der Waals surface area (Å²) in [6.45, 7) is 1.49. The number of amides is 3. The number of hydrogen-bond acceptors (Lipinski definition) is 9. The van der Waals surface area contributed by atoms with Crippen molar-refractivity contribution in [2.24, 2.45) is 5.92 Å². The van der Waals surface area contributed by atoms with Crippen molar-refractivity contribution in [3.63, 3.8) is 0 Å². The van der Waals surface area contributed by atoms with Crippen molar-refractivity contribution in [2.75, 3.05) is 16.8 Å². The lowest BCUT2D eigenvalue weighted by Gasteiger charge is -2.31. The van der Waals surface area contributed by atoms with E-state index in [9.17, 15) is 33.5 Å². The van der Waals surface area contributed by atoms with E-state index in [1.54, 1.807) is 25.1 Å². The van der Waals surface area contributed by atoms with E-state index in [4.69, 9.17) is 4.74 Å². The standard InChI is InChI=1S/C31H24FN3O7S2/c1-2-42-30(40)16-7-13-19(14-8-16)35-27(38)24-23(20-5-3-4-6-21(20)36)26-29(43-25(24)28(35)39)34(31(41)44-26)15-22(37)33-18-11-9-17(32)10-12-18/h3-14,23-25,36H,2,15H2,1H3,(H,33,37)/t23-,24+,25-/m0/s1. The molecule has 2 aliphatic heterocycles. The number of carbonyl (C=O) groups is 4. The van der Waals surface area contributed by atoms with Crippen LogP contribution in [0.15, 0.2) is 82.6 Å². The molecule has 0 aliphatic carbocycles. The number of ether oxygens (including phenoxy) is 1. The van der Waals surface area contributed by atoms with Crippen LogP contribution < -0.4 is 15.1 Å². The van der Waals surface area contributed by atoms with Gasteiger partial charge in [0.05, 0.1) is 28.8 Å². The minimum atomic E-state index is -0.968. The summed E-state index contributed by atoms with van der Waals surface area (Å²) in [5.74, 6) is -4.50. The second-order valence-electron chi connectivity index (χ2n) is 10.1. The first kappa shape index (κ1) is 29.3. The number of fused-ring (bicyclic) bond motifs is 2. The number of rotatable bonds is 7. The third-order valence-electron chi connectivity index (χ3n) is 7.39. The van der Waals surface area contributed by atoms with Gasteiger partial charge in [-0.2, -0.15) is 0 Å². The number of para-hydroxylation sites is 1. The molecule has 3 amide bonds. The minimum Gasteiger partial charge on any atom is -0.508 e. The predicted molar refractivity (Wildman–Crippen MR) is 162 cm³/mol. The van der Waals surface area contributed by atoms with Crippen LogP contribution in [0.5, 0.6) is 5.75 Å². The fourth-order valence-corrected chi connectivity index (χ4v) is 8.20. The Labute approximate surface area is 258 Å². The van der Waals surface area contributed by atoms with Gasteiger partial charge in [-0.25, -0.2) is 14.1 Å². The number of thioether (sulfide) groups is 1. The van der Waals surface area contributed by atoms with Gasteiger partial charge in [0.25, 0.3) is 0 Å². The van der Waals surface area contributed by atoms with E-state index in [0.717, 1.165) is 28.0 Å². The Morgan fingerprint density at radius 1 is 0.977 bits per heavy atom. The number of phenolic OH excluding ortho intramolecular Hbond substituents is 1. The molecule has 1 saturated heterocycles. The first-order chi connectivity index (χ1) is 21.2. The fraction of sp³-hybridized carbons (Fsp3) is 0.194. The molecule has 2 aliphatic rings. The van der Waals surface area contributed by atoms with E-state index in [2.05, 4.69) is 5.32 Å². The van der Waals surface area contributed by atoms with E-state index >= 15 is 0 Å². The fourth-order valence-electron chi connectivity index (χ4n) is 5.43. The van der Waals surface area contributed by atoms with E-state index in [1.165, 1.54) is 59.2 Å². The van der Waals surface area contributed by atoms with Gasteiger partial charge in [0.2, 0.25) is 17.7 Å². The van der Waals surface area contributed by atoms with Crippen LogP contribution in [-0.2, 0) is 25.7 Å². The molecular weight excluding hydrogens is 609 g/mol. The topological polar surface area (TPSA) is 135 Å². The van der Waals surface area contributed by atoms with Gasteiger partial charge in [0.15, 0.2) is 0 Å². The van der Waals surface area contributed by atoms with Crippen molar-refractivity contribution in [1.29, 1.82) is 0 Å². The van der Waals surface area contributed by atoms with Crippen molar-refractivity contribution >= 4 is 58.2 Å². The number of hydrogen-bond donors (Lipinski definition) is 2. The van der Waals surface area contributed by atoms with Gasteiger partial charge in [-0.1, -0.05) is 41.3 Å². The Bertz CT molecular complexity index is 1850. The largest absolute Gasteiger partial charge is 0.508 e. The van der Waals surface area contributed by atoms with Crippen LogP contribution in [0.2, 0.25) is 0 Å². The van der Waals surface area contributed by atoms with Gasteiger partial charge in [-0.15, -0.1) is 0 Å². The molecule has 0 radical (unpaired) electrons. The van der Waals surface area contributed by atoms with Crippen LogP contribution in [0, 0.1) is 11.7 Å². The number of nitrogens with one attached hydrogen (secondary N) is 1. The molecule has 0 unspecified atom stereocenters. The average molecular weight is 634 g/mol. The number of aromatic hydroxyl groups is 1. The van der Waals surface area contributed by atoms with Gasteiger partial charge < -0.3 is 15.2 Å². The Morgan fingerprint density at radius 2 is 1.68 bits per heavy atom. The summed E-state index contributed by atoms with van der Waals surface area (Å²) in [4.78, 5) is 67.3. The highest BCUT2D eigenvalue weighted by molar-refractivity contribution is 8.00. The van der Waals surface area contributed by atoms with Crippen LogP contribution in [0.4, 0.5) is 15.8 Å². The third-order valence-corrected chi connectivity index (χ3v) is 9.99. The summed E-state index contributed by atoms with van der Waals surface area (Å²) in [5, 5.41) is 12.9. The molecule has 44 heavy (non-hydrogen) atoms. The molecule has 1 fully saturated rings. The molecule has 2 N–H and O–H groups in total. The maximum atomic E-state index is 14.0. The van der Waals surface area contributed by atoms with Crippen LogP contribution >= 0.6 is 23.1 Å². The van der Waals surface area contributed by atoms with E-state index in [0.29, 0.717) is 21.2 Å². The number of carbonyl (C=O) groups excluding carboxylic acids is 4. The zero-order chi connectivity index (χ0) is 31.1. The number of anilines is 2. The Morgan fingerprint density at radius 3 is 2.36 bits per heavy atom. The molecule has 3 atom stereocenters. The first-order valence-corrected chi connectivity index (χ1v) is 15.3. The third kappa shape index (κ3) is 5.18. The number of aromatic nitrogens is 1. The van der Waals surface area contributed by atoms with Crippen molar-refractivity contribution in [3.8, 4) is 5.75 Å². The predicted octanol–water partition coefficient (Wildman–Crippen LogP) is 4.37. The average Bonchev–Trinajstić information content (AvgIpc) is 3.45. The summed E-state index contributed by atoms with van der Waals surface area (Å²) in [5.41, 5.74) is 1.24. The molecule has 0 saturated carbocycles. The molecule has 6 rings (SSSR count). The molecule has 3 heterocycles. The molecule has 0 bridgehead atoms. The van der Waals surface area contributed by atoms with Gasteiger partial charge in [0.1, 0.15) is 23.4 Å². The molecule has 10 nitrogen and oxygen atoms in total. The zero-order valence-corrected chi connectivity index (χ0v) is 24.7. The molecule has 1 aromatic heterocycles. The molecule has 4 aromatic rings. The van der Waals surface area contributed by atoms with E-state index in [-0.39, 0.29) is 30.2 Å². The molecular formula is C31H24FN3O7S2. The normalized spacial score (nSPS) is 19.0. The van der Waals surface area contributed by atoms with Gasteiger partial charge >= 0.3 is 10.8 Å². The summed E-state index contributed by atoms with van der Waals surface area (Å²) in [6, 6.07) is 17.5. The van der Waals surface area contributed by atoms with Gasteiger partial charge in [-0.3, -0.25) is 23.7 Å². The number of halogens is 1. The smallest absolute Gasteiger partial charge is 0.338 e. The number of thiazole rings is 1. The van der Waals surface area contributed by atoms with Gasteiger partial charge in [0, 0.05) is 22.0 Å². The Balaban J connectivity index is 1.38. The molecule has 224 valence electrons. The van der Waals surface area contributed by atoms with Crippen molar-refractivity contribution in [3.05, 3.63) is 104 Å². The highest BCUT2D eigenvalue weighted by Gasteiger charge is 2.57. The Kier molecular flexibility index (Phi) is 7.82. The summed E-state index contributed by atoms with van der Waals surface area (Å²) < 4.78 is 19.6. The summed E-state index contributed by atoms with van der Waals surface area (Å²) in [6.07, 6.45) is 0. The van der Waals surface area contributed by atoms with E-state index < -0.39 is 51.5 Å².